The summed E-state index contributed by atoms with van der Waals surface area (Å²) in [6.45, 7) is 2.81. The highest BCUT2D eigenvalue weighted by Crippen LogP contribution is 2.22. The first-order valence-electron chi connectivity index (χ1n) is 5.39. The van der Waals surface area contributed by atoms with Crippen molar-refractivity contribution in [1.29, 1.82) is 0 Å². The van der Waals surface area contributed by atoms with Gasteiger partial charge in [-0.15, -0.1) is 0 Å². The number of rotatable bonds is 3. The second kappa shape index (κ2) is 5.56. The summed E-state index contributed by atoms with van der Waals surface area (Å²) in [5.41, 5.74) is 3.46. The molecule has 0 aliphatic rings. The SMILES string of the molecule is Cc1cccc(NCc2ccc(Br)cc2Cl)c1. The summed E-state index contributed by atoms with van der Waals surface area (Å²) in [6, 6.07) is 14.2. The summed E-state index contributed by atoms with van der Waals surface area (Å²) in [6.07, 6.45) is 0. The second-order valence-corrected chi connectivity index (χ2v) is 5.28. The highest BCUT2D eigenvalue weighted by molar-refractivity contribution is 9.10. The van der Waals surface area contributed by atoms with E-state index in [0.29, 0.717) is 0 Å². The van der Waals surface area contributed by atoms with Crippen molar-refractivity contribution in [3.63, 3.8) is 0 Å². The molecule has 0 amide bonds. The van der Waals surface area contributed by atoms with Gasteiger partial charge in [-0.05, 0) is 42.3 Å². The predicted molar refractivity (Wildman–Crippen MR) is 77.7 cm³/mol. The van der Waals surface area contributed by atoms with Gasteiger partial charge in [-0.25, -0.2) is 0 Å². The number of benzene rings is 2. The third-order valence-corrected chi connectivity index (χ3v) is 3.36. The van der Waals surface area contributed by atoms with E-state index in [-0.39, 0.29) is 0 Å². The lowest BCUT2D eigenvalue weighted by Crippen LogP contribution is -2.00. The van der Waals surface area contributed by atoms with Crippen molar-refractivity contribution in [2.24, 2.45) is 0 Å². The summed E-state index contributed by atoms with van der Waals surface area (Å²) in [4.78, 5) is 0. The molecule has 0 fully saturated rings. The standard InChI is InChI=1S/C14H13BrClN/c1-10-3-2-4-13(7-10)17-9-11-5-6-12(15)8-14(11)16/h2-8,17H,9H2,1H3. The van der Waals surface area contributed by atoms with Crippen molar-refractivity contribution in [2.75, 3.05) is 5.32 Å². The topological polar surface area (TPSA) is 12.0 Å². The van der Waals surface area contributed by atoms with Gasteiger partial charge in [-0.1, -0.05) is 45.7 Å². The molecule has 0 aliphatic carbocycles. The van der Waals surface area contributed by atoms with Crippen LogP contribution >= 0.6 is 27.5 Å². The zero-order valence-corrected chi connectivity index (χ0v) is 11.8. The van der Waals surface area contributed by atoms with Gasteiger partial charge in [-0.3, -0.25) is 0 Å². The Bertz CT molecular complexity index is 525. The zero-order chi connectivity index (χ0) is 12.3. The number of nitrogens with one attached hydrogen (secondary N) is 1. The molecule has 1 N–H and O–H groups in total. The Balaban J connectivity index is 2.07. The van der Waals surface area contributed by atoms with Crippen LogP contribution in [0.4, 0.5) is 5.69 Å². The first-order chi connectivity index (χ1) is 8.15. The fourth-order valence-corrected chi connectivity index (χ4v) is 2.36. The molecule has 2 aromatic carbocycles. The Kier molecular flexibility index (Phi) is 4.08. The highest BCUT2D eigenvalue weighted by atomic mass is 79.9. The number of anilines is 1. The van der Waals surface area contributed by atoms with Gasteiger partial charge in [0, 0.05) is 21.7 Å². The van der Waals surface area contributed by atoms with Gasteiger partial charge in [0.1, 0.15) is 0 Å². The Hall–Kier alpha value is -0.990. The lowest BCUT2D eigenvalue weighted by atomic mass is 10.2. The van der Waals surface area contributed by atoms with E-state index in [1.165, 1.54) is 5.56 Å². The molecule has 1 nitrogen and oxygen atoms in total. The lowest BCUT2D eigenvalue weighted by molar-refractivity contribution is 1.15. The van der Waals surface area contributed by atoms with E-state index < -0.39 is 0 Å². The molecular weight excluding hydrogens is 298 g/mol. The molecule has 88 valence electrons. The van der Waals surface area contributed by atoms with Crippen LogP contribution in [0.25, 0.3) is 0 Å². The van der Waals surface area contributed by atoms with E-state index in [9.17, 15) is 0 Å². The molecule has 0 atom stereocenters. The molecule has 0 saturated carbocycles. The minimum Gasteiger partial charge on any atom is -0.381 e. The van der Waals surface area contributed by atoms with Crippen LogP contribution < -0.4 is 5.32 Å². The fraction of sp³-hybridized carbons (Fsp3) is 0.143. The van der Waals surface area contributed by atoms with Crippen LogP contribution in [0.5, 0.6) is 0 Å². The summed E-state index contributed by atoms with van der Waals surface area (Å²) < 4.78 is 1.00. The van der Waals surface area contributed by atoms with Crippen LogP contribution in [-0.2, 0) is 6.54 Å². The number of halogens is 2. The van der Waals surface area contributed by atoms with E-state index >= 15 is 0 Å². The van der Waals surface area contributed by atoms with Crippen LogP contribution in [0.2, 0.25) is 5.02 Å². The monoisotopic (exact) mass is 309 g/mol. The molecule has 2 rings (SSSR count). The molecule has 0 heterocycles. The maximum atomic E-state index is 6.16. The van der Waals surface area contributed by atoms with Crippen molar-refractivity contribution < 1.29 is 0 Å². The highest BCUT2D eigenvalue weighted by Gasteiger charge is 2.01. The minimum atomic E-state index is 0.732. The summed E-state index contributed by atoms with van der Waals surface area (Å²) in [5.74, 6) is 0. The van der Waals surface area contributed by atoms with Gasteiger partial charge >= 0.3 is 0 Å². The number of hydrogen-bond donors (Lipinski definition) is 1. The molecule has 2 aromatic rings. The van der Waals surface area contributed by atoms with Crippen molar-refractivity contribution in [2.45, 2.75) is 13.5 Å². The molecule has 0 radical (unpaired) electrons. The Labute approximate surface area is 115 Å². The van der Waals surface area contributed by atoms with E-state index in [1.54, 1.807) is 0 Å². The van der Waals surface area contributed by atoms with E-state index in [2.05, 4.69) is 46.4 Å². The molecule has 0 bridgehead atoms. The number of aryl methyl sites for hydroxylation is 1. The first-order valence-corrected chi connectivity index (χ1v) is 6.57. The summed E-state index contributed by atoms with van der Waals surface area (Å²) >= 11 is 9.55. The summed E-state index contributed by atoms with van der Waals surface area (Å²) in [5, 5.41) is 4.14. The van der Waals surface area contributed by atoms with Gasteiger partial charge in [0.05, 0.1) is 0 Å². The minimum absolute atomic E-state index is 0.732. The Morgan fingerprint density at radius 1 is 1.18 bits per heavy atom. The normalized spacial score (nSPS) is 10.3. The van der Waals surface area contributed by atoms with Gasteiger partial charge in [0.25, 0.3) is 0 Å². The molecule has 0 unspecified atom stereocenters. The number of hydrogen-bond acceptors (Lipinski definition) is 1. The predicted octanol–water partition coefficient (Wildman–Crippen LogP) is 5.02. The third kappa shape index (κ3) is 3.48. The van der Waals surface area contributed by atoms with Crippen molar-refractivity contribution in [3.05, 3.63) is 63.1 Å². The Morgan fingerprint density at radius 3 is 2.71 bits per heavy atom. The fourth-order valence-electron chi connectivity index (χ4n) is 1.62. The maximum Gasteiger partial charge on any atom is 0.0467 e. The van der Waals surface area contributed by atoms with Gasteiger partial charge in [0.15, 0.2) is 0 Å². The molecule has 0 saturated heterocycles. The molecule has 0 spiro atoms. The van der Waals surface area contributed by atoms with Crippen molar-refractivity contribution >= 4 is 33.2 Å². The largest absolute Gasteiger partial charge is 0.381 e. The molecular formula is C14H13BrClN. The first kappa shape index (κ1) is 12.5. The lowest BCUT2D eigenvalue weighted by Gasteiger charge is -2.09. The molecule has 17 heavy (non-hydrogen) atoms. The van der Waals surface area contributed by atoms with E-state index in [0.717, 1.165) is 27.3 Å². The van der Waals surface area contributed by atoms with Crippen LogP contribution in [0.1, 0.15) is 11.1 Å². The molecule has 0 aliphatic heterocycles. The third-order valence-electron chi connectivity index (χ3n) is 2.52. The van der Waals surface area contributed by atoms with Crippen LogP contribution in [0, 0.1) is 6.92 Å². The van der Waals surface area contributed by atoms with Crippen LogP contribution in [0.15, 0.2) is 46.9 Å². The van der Waals surface area contributed by atoms with Gasteiger partial charge in [0.2, 0.25) is 0 Å². The average Bonchev–Trinajstić information content (AvgIpc) is 2.28. The van der Waals surface area contributed by atoms with E-state index in [4.69, 9.17) is 11.6 Å². The second-order valence-electron chi connectivity index (χ2n) is 3.96. The quantitative estimate of drug-likeness (QED) is 0.839. The van der Waals surface area contributed by atoms with Gasteiger partial charge in [-0.2, -0.15) is 0 Å². The maximum absolute atomic E-state index is 6.16. The van der Waals surface area contributed by atoms with Crippen LogP contribution in [-0.4, -0.2) is 0 Å². The smallest absolute Gasteiger partial charge is 0.0467 e. The van der Waals surface area contributed by atoms with Crippen molar-refractivity contribution in [1.82, 2.24) is 0 Å². The molecule has 3 heteroatoms. The zero-order valence-electron chi connectivity index (χ0n) is 9.50. The van der Waals surface area contributed by atoms with Crippen LogP contribution in [0.3, 0.4) is 0 Å². The molecule has 0 aromatic heterocycles. The Morgan fingerprint density at radius 2 is 2.00 bits per heavy atom. The van der Waals surface area contributed by atoms with Crippen molar-refractivity contribution in [3.8, 4) is 0 Å². The summed E-state index contributed by atoms with van der Waals surface area (Å²) in [7, 11) is 0. The average molecular weight is 311 g/mol. The van der Waals surface area contributed by atoms with E-state index in [1.807, 2.05) is 24.3 Å². The van der Waals surface area contributed by atoms with Gasteiger partial charge < -0.3 is 5.32 Å².